The second kappa shape index (κ2) is 8.01. The van der Waals surface area contributed by atoms with E-state index in [0.29, 0.717) is 6.54 Å². The first-order chi connectivity index (χ1) is 12.5. The molecule has 1 N–H and O–H groups in total. The van der Waals surface area contributed by atoms with Gasteiger partial charge in [0.25, 0.3) is 5.91 Å². The number of carbonyl (C=O) groups is 2. The fourth-order valence-corrected chi connectivity index (χ4v) is 3.63. The van der Waals surface area contributed by atoms with Crippen LogP contribution in [0.1, 0.15) is 30.5 Å². The van der Waals surface area contributed by atoms with Gasteiger partial charge in [0.15, 0.2) is 11.5 Å². The number of aryl methyl sites for hydroxylation is 1. The first-order valence-electron chi connectivity index (χ1n) is 9.10. The maximum atomic E-state index is 12.6. The summed E-state index contributed by atoms with van der Waals surface area (Å²) in [6.45, 7) is 8.03. The smallest absolute Gasteiger partial charge is 0.290 e. The van der Waals surface area contributed by atoms with Gasteiger partial charge in [0.05, 0.1) is 24.8 Å². The Labute approximate surface area is 154 Å². The number of amides is 1. The van der Waals surface area contributed by atoms with Crippen molar-refractivity contribution in [1.82, 2.24) is 9.80 Å². The Morgan fingerprint density at radius 2 is 1.85 bits per heavy atom. The number of aliphatic hydroxyl groups excluding tert-OH is 1. The van der Waals surface area contributed by atoms with Gasteiger partial charge in [-0.25, -0.2) is 0 Å². The molecule has 1 amide bonds. The van der Waals surface area contributed by atoms with Gasteiger partial charge < -0.3 is 14.7 Å². The summed E-state index contributed by atoms with van der Waals surface area (Å²) >= 11 is 0. The molecule has 6 heteroatoms. The summed E-state index contributed by atoms with van der Waals surface area (Å²) in [4.78, 5) is 28.6. The molecular formula is C20H26N2O4. The highest BCUT2D eigenvalue weighted by Crippen LogP contribution is 2.37. The van der Waals surface area contributed by atoms with Crippen molar-refractivity contribution in [3.05, 3.63) is 46.7 Å². The van der Waals surface area contributed by atoms with E-state index < -0.39 is 17.7 Å². The van der Waals surface area contributed by atoms with Crippen LogP contribution in [-0.4, -0.2) is 66.0 Å². The molecule has 0 radical (unpaired) electrons. The number of benzene rings is 1. The van der Waals surface area contributed by atoms with Crippen LogP contribution in [-0.2, 0) is 14.3 Å². The van der Waals surface area contributed by atoms with Gasteiger partial charge in [-0.2, -0.15) is 0 Å². The number of hydrogen-bond acceptors (Lipinski definition) is 5. The standard InChI is InChI=1S/C20H26N2O4/c1-14-4-6-16(7-5-14)18-17(15(2)23)19(24)20(25)22(18)9-3-8-21-10-12-26-13-11-21/h4-7,18,24H,3,8-13H2,1-2H3/t18-/m1/s1. The molecule has 3 rings (SSSR count). The predicted molar refractivity (Wildman–Crippen MR) is 97.8 cm³/mol. The number of nitrogens with zero attached hydrogens (tertiary/aromatic N) is 2. The highest BCUT2D eigenvalue weighted by molar-refractivity contribution is 6.08. The maximum absolute atomic E-state index is 12.6. The molecular weight excluding hydrogens is 332 g/mol. The zero-order valence-corrected chi connectivity index (χ0v) is 15.4. The topological polar surface area (TPSA) is 70.1 Å². The van der Waals surface area contributed by atoms with Crippen molar-refractivity contribution in [2.24, 2.45) is 0 Å². The number of morpholine rings is 1. The largest absolute Gasteiger partial charge is 0.503 e. The zero-order valence-electron chi connectivity index (χ0n) is 15.4. The quantitative estimate of drug-likeness (QED) is 0.842. The number of carbonyl (C=O) groups excluding carboxylic acids is 2. The van der Waals surface area contributed by atoms with Crippen LogP contribution in [0.5, 0.6) is 0 Å². The van der Waals surface area contributed by atoms with Crippen molar-refractivity contribution in [3.8, 4) is 0 Å². The highest BCUT2D eigenvalue weighted by atomic mass is 16.5. The van der Waals surface area contributed by atoms with E-state index in [1.807, 2.05) is 31.2 Å². The van der Waals surface area contributed by atoms with E-state index >= 15 is 0 Å². The van der Waals surface area contributed by atoms with Crippen LogP contribution in [0.25, 0.3) is 0 Å². The monoisotopic (exact) mass is 358 g/mol. The van der Waals surface area contributed by atoms with Gasteiger partial charge in [0, 0.05) is 26.2 Å². The maximum Gasteiger partial charge on any atom is 0.290 e. The molecule has 1 fully saturated rings. The summed E-state index contributed by atoms with van der Waals surface area (Å²) in [6, 6.07) is 7.25. The predicted octanol–water partition coefficient (Wildman–Crippen LogP) is 2.00. The van der Waals surface area contributed by atoms with E-state index in [1.54, 1.807) is 4.90 Å². The number of hydrogen-bond donors (Lipinski definition) is 1. The van der Waals surface area contributed by atoms with Crippen LogP contribution in [0.2, 0.25) is 0 Å². The minimum Gasteiger partial charge on any atom is -0.503 e. The minimum absolute atomic E-state index is 0.199. The van der Waals surface area contributed by atoms with Gasteiger partial charge in [0.2, 0.25) is 0 Å². The van der Waals surface area contributed by atoms with Gasteiger partial charge in [-0.05, 0) is 25.8 Å². The third-order valence-electron chi connectivity index (χ3n) is 5.05. The van der Waals surface area contributed by atoms with E-state index in [-0.39, 0.29) is 11.4 Å². The number of aliphatic hydroxyl groups is 1. The van der Waals surface area contributed by atoms with Gasteiger partial charge in [0.1, 0.15) is 0 Å². The van der Waals surface area contributed by atoms with E-state index in [2.05, 4.69) is 4.90 Å². The van der Waals surface area contributed by atoms with Crippen molar-refractivity contribution >= 4 is 11.7 Å². The van der Waals surface area contributed by atoms with E-state index in [1.165, 1.54) is 6.92 Å². The molecule has 1 aromatic carbocycles. The summed E-state index contributed by atoms with van der Waals surface area (Å²) in [6.07, 6.45) is 0.784. The van der Waals surface area contributed by atoms with Crippen molar-refractivity contribution in [2.75, 3.05) is 39.4 Å². The summed E-state index contributed by atoms with van der Waals surface area (Å²) in [5.74, 6) is -1.13. The Morgan fingerprint density at radius 1 is 1.19 bits per heavy atom. The van der Waals surface area contributed by atoms with Gasteiger partial charge in [-0.3, -0.25) is 14.5 Å². The molecule has 26 heavy (non-hydrogen) atoms. The minimum atomic E-state index is -0.509. The third kappa shape index (κ3) is 3.81. The molecule has 2 aliphatic heterocycles. The van der Waals surface area contributed by atoms with Crippen molar-refractivity contribution < 1.29 is 19.4 Å². The molecule has 1 saturated heterocycles. The molecule has 1 atom stereocenters. The summed E-state index contributed by atoms with van der Waals surface area (Å²) in [5, 5.41) is 10.3. The molecule has 0 aromatic heterocycles. The second-order valence-corrected chi connectivity index (χ2v) is 6.94. The lowest BCUT2D eigenvalue weighted by atomic mass is 9.96. The Balaban J connectivity index is 1.76. The highest BCUT2D eigenvalue weighted by Gasteiger charge is 2.41. The molecule has 6 nitrogen and oxygen atoms in total. The molecule has 1 aromatic rings. The molecule has 0 saturated carbocycles. The van der Waals surface area contributed by atoms with E-state index in [9.17, 15) is 14.7 Å². The number of ether oxygens (including phenoxy) is 1. The zero-order chi connectivity index (χ0) is 18.7. The fraction of sp³-hybridized carbons (Fsp3) is 0.500. The van der Waals surface area contributed by atoms with Crippen LogP contribution in [0.4, 0.5) is 0 Å². The lowest BCUT2D eigenvalue weighted by molar-refractivity contribution is -0.129. The molecule has 2 aliphatic rings. The number of ketones is 1. The van der Waals surface area contributed by atoms with E-state index in [0.717, 1.165) is 50.4 Å². The van der Waals surface area contributed by atoms with Gasteiger partial charge >= 0.3 is 0 Å². The Kier molecular flexibility index (Phi) is 5.74. The summed E-state index contributed by atoms with van der Waals surface area (Å²) < 4.78 is 5.35. The van der Waals surface area contributed by atoms with Crippen molar-refractivity contribution in [3.63, 3.8) is 0 Å². The molecule has 0 unspecified atom stereocenters. The average molecular weight is 358 g/mol. The first kappa shape index (κ1) is 18.6. The number of rotatable bonds is 6. The van der Waals surface area contributed by atoms with Crippen LogP contribution >= 0.6 is 0 Å². The molecule has 0 bridgehead atoms. The molecule has 0 spiro atoms. The van der Waals surface area contributed by atoms with Crippen LogP contribution < -0.4 is 0 Å². The summed E-state index contributed by atoms with van der Waals surface area (Å²) in [5.41, 5.74) is 2.16. The van der Waals surface area contributed by atoms with Crippen molar-refractivity contribution in [1.29, 1.82) is 0 Å². The third-order valence-corrected chi connectivity index (χ3v) is 5.05. The molecule has 2 heterocycles. The normalized spacial score (nSPS) is 21.5. The SMILES string of the molecule is CC(=O)C1=C(O)C(=O)N(CCCN2CCOCC2)[C@@H]1c1ccc(C)cc1. The fourth-order valence-electron chi connectivity index (χ4n) is 3.63. The Morgan fingerprint density at radius 3 is 2.46 bits per heavy atom. The second-order valence-electron chi connectivity index (χ2n) is 6.94. The van der Waals surface area contributed by atoms with E-state index in [4.69, 9.17) is 4.74 Å². The molecule has 140 valence electrons. The van der Waals surface area contributed by atoms with Gasteiger partial charge in [-0.15, -0.1) is 0 Å². The lowest BCUT2D eigenvalue weighted by Gasteiger charge is -2.30. The molecule has 0 aliphatic carbocycles. The average Bonchev–Trinajstić information content (AvgIpc) is 2.88. The lowest BCUT2D eigenvalue weighted by Crippen LogP contribution is -2.39. The Bertz CT molecular complexity index is 705. The van der Waals surface area contributed by atoms with Gasteiger partial charge in [-0.1, -0.05) is 29.8 Å². The van der Waals surface area contributed by atoms with Crippen LogP contribution in [0.15, 0.2) is 35.6 Å². The van der Waals surface area contributed by atoms with Crippen LogP contribution in [0.3, 0.4) is 0 Å². The summed E-state index contributed by atoms with van der Waals surface area (Å²) in [7, 11) is 0. The van der Waals surface area contributed by atoms with Crippen LogP contribution in [0, 0.1) is 6.92 Å². The van der Waals surface area contributed by atoms with Crippen molar-refractivity contribution in [2.45, 2.75) is 26.3 Å². The Hall–Kier alpha value is -2.18. The number of Topliss-reactive ketones (excluding diaryl/α,β-unsaturated/α-hetero) is 1. The first-order valence-corrected chi connectivity index (χ1v) is 9.10.